The van der Waals surface area contributed by atoms with E-state index < -0.39 is 0 Å². The Hall–Kier alpha value is -2.13. The predicted molar refractivity (Wildman–Crippen MR) is 91.0 cm³/mol. The molecule has 2 aromatic rings. The number of carbonyl (C=O) groups is 1. The second-order valence-electron chi connectivity index (χ2n) is 5.97. The van der Waals surface area contributed by atoms with E-state index in [1.165, 1.54) is 0 Å². The van der Waals surface area contributed by atoms with Gasteiger partial charge in [0, 0.05) is 18.2 Å². The molecule has 0 bridgehead atoms. The van der Waals surface area contributed by atoms with E-state index in [-0.39, 0.29) is 11.9 Å². The molecular weight excluding hydrogens is 272 g/mol. The molecule has 0 saturated carbocycles. The lowest BCUT2D eigenvalue weighted by Crippen LogP contribution is -2.32. The summed E-state index contributed by atoms with van der Waals surface area (Å²) in [6.45, 7) is 6.61. The molecule has 0 saturated heterocycles. The van der Waals surface area contributed by atoms with Gasteiger partial charge in [0.05, 0.1) is 0 Å². The molecule has 0 heterocycles. The van der Waals surface area contributed by atoms with Crippen LogP contribution >= 0.6 is 0 Å². The second kappa shape index (κ2) is 7.23. The van der Waals surface area contributed by atoms with Crippen LogP contribution in [0.15, 0.2) is 48.5 Å². The van der Waals surface area contributed by atoms with E-state index in [1.807, 2.05) is 55.5 Å². The van der Waals surface area contributed by atoms with Gasteiger partial charge in [-0.15, -0.1) is 0 Å². The van der Waals surface area contributed by atoms with Gasteiger partial charge < -0.3 is 11.1 Å². The van der Waals surface area contributed by atoms with E-state index in [2.05, 4.69) is 19.2 Å². The normalized spacial score (nSPS) is 12.2. The van der Waals surface area contributed by atoms with Crippen LogP contribution in [0.1, 0.15) is 52.9 Å². The zero-order valence-electron chi connectivity index (χ0n) is 13.5. The van der Waals surface area contributed by atoms with E-state index in [0.717, 1.165) is 22.3 Å². The lowest BCUT2D eigenvalue weighted by Gasteiger charge is -2.16. The third-order valence-electron chi connectivity index (χ3n) is 3.79. The molecule has 0 radical (unpaired) electrons. The van der Waals surface area contributed by atoms with Crippen molar-refractivity contribution in [2.45, 2.75) is 32.7 Å². The molecule has 3 N–H and O–H groups in total. The fraction of sp³-hybridized carbons (Fsp3) is 0.316. The highest BCUT2D eigenvalue weighted by atomic mass is 16.1. The topological polar surface area (TPSA) is 55.1 Å². The first-order valence-electron chi connectivity index (χ1n) is 7.68. The number of nitrogens with one attached hydrogen (secondary N) is 1. The van der Waals surface area contributed by atoms with Gasteiger partial charge in [0.15, 0.2) is 0 Å². The van der Waals surface area contributed by atoms with Crippen LogP contribution in [0.3, 0.4) is 0 Å². The maximum Gasteiger partial charge on any atom is 0.251 e. The van der Waals surface area contributed by atoms with Gasteiger partial charge in [-0.3, -0.25) is 4.79 Å². The minimum Gasteiger partial charge on any atom is -0.350 e. The third kappa shape index (κ3) is 3.95. The molecule has 2 aromatic carbocycles. The molecule has 116 valence electrons. The van der Waals surface area contributed by atoms with Crippen molar-refractivity contribution in [1.82, 2.24) is 5.32 Å². The van der Waals surface area contributed by atoms with Crippen LogP contribution in [0.4, 0.5) is 0 Å². The molecule has 0 aliphatic carbocycles. The number of hydrogen-bond donors (Lipinski definition) is 2. The second-order valence-corrected chi connectivity index (χ2v) is 5.97. The first-order chi connectivity index (χ1) is 10.5. The molecule has 1 amide bonds. The van der Waals surface area contributed by atoms with E-state index in [1.54, 1.807) is 0 Å². The van der Waals surface area contributed by atoms with Crippen molar-refractivity contribution in [1.29, 1.82) is 0 Å². The Balaban J connectivity index is 2.08. The van der Waals surface area contributed by atoms with Crippen LogP contribution in [0.2, 0.25) is 0 Å². The van der Waals surface area contributed by atoms with E-state index in [0.29, 0.717) is 12.5 Å². The molecule has 1 atom stereocenters. The lowest BCUT2D eigenvalue weighted by molar-refractivity contribution is 0.0950. The number of aryl methyl sites for hydroxylation is 1. The quantitative estimate of drug-likeness (QED) is 0.886. The van der Waals surface area contributed by atoms with Crippen LogP contribution < -0.4 is 11.1 Å². The van der Waals surface area contributed by atoms with Crippen LogP contribution in [0.25, 0.3) is 0 Å². The van der Waals surface area contributed by atoms with Gasteiger partial charge >= 0.3 is 0 Å². The molecule has 0 fully saturated rings. The fourth-order valence-corrected chi connectivity index (χ4v) is 2.49. The van der Waals surface area contributed by atoms with Crippen molar-refractivity contribution in [2.75, 3.05) is 6.54 Å². The largest absolute Gasteiger partial charge is 0.350 e. The Bertz CT molecular complexity index is 635. The van der Waals surface area contributed by atoms with Gasteiger partial charge in [-0.2, -0.15) is 0 Å². The van der Waals surface area contributed by atoms with Crippen molar-refractivity contribution in [3.63, 3.8) is 0 Å². The molecule has 0 aliphatic heterocycles. The zero-order chi connectivity index (χ0) is 16.1. The highest BCUT2D eigenvalue weighted by Gasteiger charge is 2.15. The Morgan fingerprint density at radius 3 is 2.45 bits per heavy atom. The summed E-state index contributed by atoms with van der Waals surface area (Å²) >= 11 is 0. The Morgan fingerprint density at radius 1 is 1.14 bits per heavy atom. The standard InChI is InChI=1S/C19H24N2O/c1-13(2)16-10-9-14(3)11-17(16)19(22)21-12-18(20)15-7-5-4-6-8-15/h4-11,13,18H,12,20H2,1-3H3,(H,21,22)/t18-/m1/s1. The number of nitrogens with two attached hydrogens (primary N) is 1. The summed E-state index contributed by atoms with van der Waals surface area (Å²) in [4.78, 5) is 12.5. The average molecular weight is 296 g/mol. The van der Waals surface area contributed by atoms with E-state index in [9.17, 15) is 4.79 Å². The molecule has 0 unspecified atom stereocenters. The van der Waals surface area contributed by atoms with Crippen LogP contribution in [0.5, 0.6) is 0 Å². The van der Waals surface area contributed by atoms with Crippen molar-refractivity contribution in [3.05, 3.63) is 70.8 Å². The average Bonchev–Trinajstić information content (AvgIpc) is 2.52. The summed E-state index contributed by atoms with van der Waals surface area (Å²) in [6.07, 6.45) is 0. The van der Waals surface area contributed by atoms with Gasteiger partial charge in [-0.05, 0) is 30.0 Å². The Labute approximate surface area is 132 Å². The highest BCUT2D eigenvalue weighted by molar-refractivity contribution is 5.96. The molecule has 22 heavy (non-hydrogen) atoms. The minimum atomic E-state index is -0.197. The van der Waals surface area contributed by atoms with Crippen LogP contribution in [-0.2, 0) is 0 Å². The van der Waals surface area contributed by atoms with E-state index >= 15 is 0 Å². The zero-order valence-corrected chi connectivity index (χ0v) is 13.5. The Kier molecular flexibility index (Phi) is 5.34. The number of benzene rings is 2. The highest BCUT2D eigenvalue weighted by Crippen LogP contribution is 2.21. The summed E-state index contributed by atoms with van der Waals surface area (Å²) in [5.41, 5.74) is 10.1. The van der Waals surface area contributed by atoms with E-state index in [4.69, 9.17) is 5.73 Å². The van der Waals surface area contributed by atoms with Crippen molar-refractivity contribution >= 4 is 5.91 Å². The molecular formula is C19H24N2O. The number of hydrogen-bond acceptors (Lipinski definition) is 2. The maximum absolute atomic E-state index is 12.5. The third-order valence-corrected chi connectivity index (χ3v) is 3.79. The SMILES string of the molecule is Cc1ccc(C(C)C)c(C(=O)NC[C@@H](N)c2ccccc2)c1. The van der Waals surface area contributed by atoms with Crippen molar-refractivity contribution < 1.29 is 4.79 Å². The van der Waals surface area contributed by atoms with Crippen LogP contribution in [0, 0.1) is 6.92 Å². The van der Waals surface area contributed by atoms with Gasteiger partial charge in [-0.1, -0.05) is 61.9 Å². The fourth-order valence-electron chi connectivity index (χ4n) is 2.49. The summed E-state index contributed by atoms with van der Waals surface area (Å²) in [5.74, 6) is 0.253. The molecule has 3 nitrogen and oxygen atoms in total. The first-order valence-corrected chi connectivity index (χ1v) is 7.68. The Morgan fingerprint density at radius 2 is 1.82 bits per heavy atom. The summed E-state index contributed by atoms with van der Waals surface area (Å²) in [6, 6.07) is 15.6. The molecule has 2 rings (SSSR count). The number of rotatable bonds is 5. The minimum absolute atomic E-state index is 0.0567. The number of carbonyl (C=O) groups excluding carboxylic acids is 1. The monoisotopic (exact) mass is 296 g/mol. The predicted octanol–water partition coefficient (Wildman–Crippen LogP) is 3.55. The molecule has 0 spiro atoms. The molecule has 0 aromatic heterocycles. The first kappa shape index (κ1) is 16.2. The van der Waals surface area contributed by atoms with Gasteiger partial charge in [0.25, 0.3) is 5.91 Å². The summed E-state index contributed by atoms with van der Waals surface area (Å²) < 4.78 is 0. The van der Waals surface area contributed by atoms with Crippen LogP contribution in [-0.4, -0.2) is 12.5 Å². The molecule has 0 aliphatic rings. The number of amides is 1. The van der Waals surface area contributed by atoms with Crippen molar-refractivity contribution in [3.8, 4) is 0 Å². The lowest BCUT2D eigenvalue weighted by atomic mass is 9.95. The smallest absolute Gasteiger partial charge is 0.251 e. The molecule has 3 heteroatoms. The summed E-state index contributed by atoms with van der Waals surface area (Å²) in [5, 5.41) is 2.96. The van der Waals surface area contributed by atoms with Gasteiger partial charge in [0.2, 0.25) is 0 Å². The maximum atomic E-state index is 12.5. The van der Waals surface area contributed by atoms with Gasteiger partial charge in [-0.25, -0.2) is 0 Å². The summed E-state index contributed by atoms with van der Waals surface area (Å²) in [7, 11) is 0. The van der Waals surface area contributed by atoms with Crippen molar-refractivity contribution in [2.24, 2.45) is 5.73 Å². The van der Waals surface area contributed by atoms with Gasteiger partial charge in [0.1, 0.15) is 0 Å².